The van der Waals surface area contributed by atoms with Crippen molar-refractivity contribution in [2.24, 2.45) is 9.50 Å². The second-order valence-corrected chi connectivity index (χ2v) is 11.0. The van der Waals surface area contributed by atoms with Crippen molar-refractivity contribution in [2.45, 2.75) is 49.3 Å². The Kier molecular flexibility index (Phi) is 5.50. The molecule has 0 bridgehead atoms. The Morgan fingerprint density at radius 3 is 2.41 bits per heavy atom. The SMILES string of the molecule is CN(C)Cc1cc(F)c(S(N)(=O)=NC(=O)Nc2c3c(cc4c2CCC4)CCC3)s1. The number of rotatable bonds is 4. The molecule has 1 unspecified atom stereocenters. The lowest BCUT2D eigenvalue weighted by Crippen LogP contribution is -2.18. The Morgan fingerprint density at radius 2 is 1.83 bits per heavy atom. The van der Waals surface area contributed by atoms with Crippen molar-refractivity contribution in [3.8, 4) is 0 Å². The number of halogens is 1. The molecule has 1 aromatic heterocycles. The lowest BCUT2D eigenvalue weighted by atomic mass is 9.99. The first-order valence-corrected chi connectivity index (χ1v) is 12.1. The van der Waals surface area contributed by atoms with E-state index < -0.39 is 21.8 Å². The highest BCUT2D eigenvalue weighted by molar-refractivity contribution is 7.93. The van der Waals surface area contributed by atoms with Crippen LogP contribution in [0, 0.1) is 5.82 Å². The Morgan fingerprint density at radius 1 is 1.21 bits per heavy atom. The van der Waals surface area contributed by atoms with Crippen LogP contribution in [-0.4, -0.2) is 29.2 Å². The van der Waals surface area contributed by atoms with Crippen LogP contribution < -0.4 is 10.5 Å². The molecule has 0 spiro atoms. The lowest BCUT2D eigenvalue weighted by Gasteiger charge is -2.15. The third kappa shape index (κ3) is 4.09. The van der Waals surface area contributed by atoms with Crippen LogP contribution in [-0.2, 0) is 42.1 Å². The topological polar surface area (TPSA) is 87.8 Å². The monoisotopic (exact) mass is 436 g/mol. The average molecular weight is 437 g/mol. The number of nitrogens with one attached hydrogen (secondary N) is 1. The van der Waals surface area contributed by atoms with E-state index in [1.165, 1.54) is 17.2 Å². The quantitative estimate of drug-likeness (QED) is 0.763. The van der Waals surface area contributed by atoms with Gasteiger partial charge in [0.05, 0.1) is 0 Å². The molecular formula is C20H25FN4O2S2. The number of fused-ring (bicyclic) bond motifs is 2. The van der Waals surface area contributed by atoms with Crippen molar-refractivity contribution < 1.29 is 13.4 Å². The van der Waals surface area contributed by atoms with Crippen LogP contribution >= 0.6 is 11.3 Å². The van der Waals surface area contributed by atoms with E-state index >= 15 is 0 Å². The summed E-state index contributed by atoms with van der Waals surface area (Å²) in [6.45, 7) is 0.492. The number of nitrogens with two attached hydrogens (primary N) is 1. The fourth-order valence-electron chi connectivity index (χ4n) is 4.25. The Balaban J connectivity index is 1.64. The van der Waals surface area contributed by atoms with Gasteiger partial charge in [-0.3, -0.25) is 0 Å². The van der Waals surface area contributed by atoms with Gasteiger partial charge in [-0.15, -0.1) is 15.7 Å². The maximum absolute atomic E-state index is 14.3. The number of benzene rings is 1. The molecule has 0 radical (unpaired) electrons. The molecule has 0 fully saturated rings. The van der Waals surface area contributed by atoms with E-state index in [1.54, 1.807) is 0 Å². The van der Waals surface area contributed by atoms with Crippen LogP contribution in [0.4, 0.5) is 14.9 Å². The maximum atomic E-state index is 14.3. The smallest absolute Gasteiger partial charge is 0.305 e. The third-order valence-electron chi connectivity index (χ3n) is 5.37. The van der Waals surface area contributed by atoms with Crippen molar-refractivity contribution in [3.05, 3.63) is 45.1 Å². The molecule has 156 valence electrons. The van der Waals surface area contributed by atoms with E-state index in [-0.39, 0.29) is 4.21 Å². The minimum absolute atomic E-state index is 0.187. The van der Waals surface area contributed by atoms with Gasteiger partial charge in [-0.05, 0) is 80.9 Å². The summed E-state index contributed by atoms with van der Waals surface area (Å²) < 4.78 is 30.7. The van der Waals surface area contributed by atoms with Gasteiger partial charge in [-0.2, -0.15) is 0 Å². The summed E-state index contributed by atoms with van der Waals surface area (Å²) in [6, 6.07) is 2.78. The summed E-state index contributed by atoms with van der Waals surface area (Å²) >= 11 is 0.992. The molecule has 3 N–H and O–H groups in total. The highest BCUT2D eigenvalue weighted by atomic mass is 32.2. The number of aryl methyl sites for hydroxylation is 2. The zero-order chi connectivity index (χ0) is 20.8. The van der Waals surface area contributed by atoms with Gasteiger partial charge in [0.2, 0.25) is 0 Å². The summed E-state index contributed by atoms with van der Waals surface area (Å²) in [6.07, 6.45) is 5.94. The molecule has 29 heavy (non-hydrogen) atoms. The third-order valence-corrected chi connectivity index (χ3v) is 8.39. The standard InChI is InChI=1S/C20H25FN4O2S2/c1-25(2)11-14-10-17(21)19(28-14)29(22,27)24-20(26)23-18-15-7-3-5-12(15)9-13-6-4-8-16(13)18/h9-10H,3-8,11H2,1-2H3,(H3,22,23,24,26,27). The van der Waals surface area contributed by atoms with Gasteiger partial charge in [-0.1, -0.05) is 6.07 Å². The molecule has 0 aliphatic heterocycles. The molecule has 1 heterocycles. The first-order valence-electron chi connectivity index (χ1n) is 9.70. The van der Waals surface area contributed by atoms with Crippen LogP contribution in [0.15, 0.2) is 20.7 Å². The maximum Gasteiger partial charge on any atom is 0.354 e. The molecule has 1 atom stereocenters. The number of urea groups is 1. The number of thiophene rings is 1. The first-order chi connectivity index (χ1) is 13.7. The predicted octanol–water partition coefficient (Wildman–Crippen LogP) is 3.86. The van der Waals surface area contributed by atoms with Crippen molar-refractivity contribution in [1.29, 1.82) is 0 Å². The van der Waals surface area contributed by atoms with Gasteiger partial charge in [0.25, 0.3) is 0 Å². The minimum Gasteiger partial charge on any atom is -0.305 e. The highest BCUT2D eigenvalue weighted by Gasteiger charge is 2.26. The zero-order valence-electron chi connectivity index (χ0n) is 16.6. The molecule has 1 aromatic carbocycles. The van der Waals surface area contributed by atoms with Crippen LogP contribution in [0.3, 0.4) is 0 Å². The van der Waals surface area contributed by atoms with Crippen LogP contribution in [0.2, 0.25) is 0 Å². The average Bonchev–Trinajstić information content (AvgIpc) is 3.33. The second kappa shape index (κ2) is 7.79. The van der Waals surface area contributed by atoms with Crippen LogP contribution in [0.25, 0.3) is 0 Å². The van der Waals surface area contributed by atoms with Gasteiger partial charge in [0.1, 0.15) is 0 Å². The van der Waals surface area contributed by atoms with Crippen LogP contribution in [0.1, 0.15) is 40.0 Å². The number of carbonyl (C=O) groups is 1. The normalized spacial score (nSPS) is 17.1. The molecule has 4 rings (SSSR count). The number of hydrogen-bond acceptors (Lipinski definition) is 4. The molecular weight excluding hydrogens is 411 g/mol. The number of nitrogens with zero attached hydrogens (tertiary/aromatic N) is 2. The zero-order valence-corrected chi connectivity index (χ0v) is 18.2. The van der Waals surface area contributed by atoms with Crippen molar-refractivity contribution in [1.82, 2.24) is 4.90 Å². The number of anilines is 1. The lowest BCUT2D eigenvalue weighted by molar-refractivity contribution is 0.260. The summed E-state index contributed by atoms with van der Waals surface area (Å²) in [5, 5.41) is 8.66. The predicted molar refractivity (Wildman–Crippen MR) is 114 cm³/mol. The Bertz CT molecular complexity index is 1070. The first kappa shape index (κ1) is 20.5. The van der Waals surface area contributed by atoms with Crippen molar-refractivity contribution in [3.63, 3.8) is 0 Å². The molecule has 2 aliphatic carbocycles. The molecule has 2 aliphatic rings. The van der Waals surface area contributed by atoms with Gasteiger partial charge in [-0.25, -0.2) is 18.5 Å². The second-order valence-electron chi connectivity index (χ2n) is 7.91. The van der Waals surface area contributed by atoms with E-state index in [9.17, 15) is 13.4 Å². The van der Waals surface area contributed by atoms with E-state index in [0.717, 1.165) is 66.7 Å². The van der Waals surface area contributed by atoms with E-state index in [0.29, 0.717) is 11.4 Å². The van der Waals surface area contributed by atoms with Crippen molar-refractivity contribution >= 4 is 33.0 Å². The fourth-order valence-corrected chi connectivity index (χ4v) is 6.75. The van der Waals surface area contributed by atoms with Gasteiger partial charge in [0.15, 0.2) is 19.9 Å². The summed E-state index contributed by atoms with van der Waals surface area (Å²) in [7, 11) is 0.0402. The number of amides is 2. The van der Waals surface area contributed by atoms with E-state index in [2.05, 4.69) is 15.7 Å². The highest BCUT2D eigenvalue weighted by Crippen LogP contribution is 2.38. The molecule has 6 nitrogen and oxygen atoms in total. The van der Waals surface area contributed by atoms with Crippen LogP contribution in [0.5, 0.6) is 0 Å². The van der Waals surface area contributed by atoms with E-state index in [4.69, 9.17) is 5.14 Å². The Labute approximate surface area is 174 Å². The molecule has 9 heteroatoms. The minimum atomic E-state index is -3.67. The van der Waals surface area contributed by atoms with Gasteiger partial charge in [0, 0.05) is 17.1 Å². The summed E-state index contributed by atoms with van der Waals surface area (Å²) in [5.74, 6) is -0.683. The van der Waals surface area contributed by atoms with Gasteiger partial charge < -0.3 is 10.2 Å². The van der Waals surface area contributed by atoms with E-state index in [1.807, 2.05) is 19.0 Å². The number of carbonyl (C=O) groups excluding carboxylic acids is 1. The Hall–Kier alpha value is -1.81. The van der Waals surface area contributed by atoms with Crippen molar-refractivity contribution in [2.75, 3.05) is 19.4 Å². The molecule has 2 aromatic rings. The molecule has 2 amide bonds. The fraction of sp³-hybridized carbons (Fsp3) is 0.450. The van der Waals surface area contributed by atoms with Gasteiger partial charge >= 0.3 is 6.03 Å². The largest absolute Gasteiger partial charge is 0.354 e. The summed E-state index contributed by atoms with van der Waals surface area (Å²) in [4.78, 5) is 15.2. The molecule has 0 saturated carbocycles. The molecule has 0 saturated heterocycles. The summed E-state index contributed by atoms with van der Waals surface area (Å²) in [5.41, 5.74) is 5.64. The number of hydrogen-bond donors (Lipinski definition) is 2.